The summed E-state index contributed by atoms with van der Waals surface area (Å²) < 4.78 is 0. The third-order valence-corrected chi connectivity index (χ3v) is 7.52. The molecule has 3 rings (SSSR count). The SMILES string of the molecule is C=C1CC[C@@H]([C@@H](C)CC/C=C(\C)CO)[C@H]2[C@@H]1CCC1=CCCC(=C)[C@H]2C1. The zero-order valence-corrected chi connectivity index (χ0v) is 17.0. The van der Waals surface area contributed by atoms with E-state index in [-0.39, 0.29) is 6.61 Å². The van der Waals surface area contributed by atoms with E-state index >= 15 is 0 Å². The standard InChI is InChI=1S/C25H38O/c1-17(16-26)7-5-8-18(2)22-13-11-20(4)23-14-12-21-10-6-9-19(3)24(15-21)25(22)23/h7,10,18,22-26H,3-6,8-9,11-16H2,1-2H3/b17-7+/t18-,22-,23+,24+,25-/m0/s1. The van der Waals surface area contributed by atoms with Crippen LogP contribution in [0.5, 0.6) is 0 Å². The number of rotatable bonds is 5. The molecule has 1 N–H and O–H groups in total. The molecule has 5 atom stereocenters. The fourth-order valence-corrected chi connectivity index (χ4v) is 5.92. The molecule has 0 aromatic rings. The summed E-state index contributed by atoms with van der Waals surface area (Å²) in [5.41, 5.74) is 5.84. The van der Waals surface area contributed by atoms with Crippen LogP contribution in [0.1, 0.15) is 71.6 Å². The van der Waals surface area contributed by atoms with Crippen LogP contribution in [-0.2, 0) is 0 Å². The van der Waals surface area contributed by atoms with Crippen LogP contribution < -0.4 is 0 Å². The topological polar surface area (TPSA) is 20.2 Å². The molecule has 1 nitrogen and oxygen atoms in total. The van der Waals surface area contributed by atoms with Crippen molar-refractivity contribution in [3.63, 3.8) is 0 Å². The largest absolute Gasteiger partial charge is 0.392 e. The zero-order chi connectivity index (χ0) is 18.7. The Labute approximate surface area is 161 Å². The molecule has 2 saturated carbocycles. The van der Waals surface area contributed by atoms with Gasteiger partial charge < -0.3 is 5.11 Å². The summed E-state index contributed by atoms with van der Waals surface area (Å²) in [6.45, 7) is 13.7. The minimum Gasteiger partial charge on any atom is -0.392 e. The van der Waals surface area contributed by atoms with Crippen molar-refractivity contribution in [1.82, 2.24) is 0 Å². The monoisotopic (exact) mass is 354 g/mol. The minimum absolute atomic E-state index is 0.194. The second-order valence-electron chi connectivity index (χ2n) is 9.22. The first kappa shape index (κ1) is 19.7. The summed E-state index contributed by atoms with van der Waals surface area (Å²) in [5, 5.41) is 9.22. The molecule has 0 saturated heterocycles. The Kier molecular flexibility index (Phi) is 6.61. The van der Waals surface area contributed by atoms with Crippen molar-refractivity contribution in [3.05, 3.63) is 47.6 Å². The molecule has 0 heterocycles. The Hall–Kier alpha value is -1.08. The average molecular weight is 355 g/mol. The van der Waals surface area contributed by atoms with E-state index in [1.165, 1.54) is 62.5 Å². The van der Waals surface area contributed by atoms with Crippen molar-refractivity contribution in [1.29, 1.82) is 0 Å². The number of aliphatic hydroxyl groups excluding tert-OH is 1. The van der Waals surface area contributed by atoms with E-state index in [0.717, 1.165) is 29.7 Å². The highest BCUT2D eigenvalue weighted by Crippen LogP contribution is 2.54. The summed E-state index contributed by atoms with van der Waals surface area (Å²) in [4.78, 5) is 0. The molecule has 3 aliphatic carbocycles. The van der Waals surface area contributed by atoms with Gasteiger partial charge in [-0.05, 0) is 94.3 Å². The summed E-state index contributed by atoms with van der Waals surface area (Å²) in [6.07, 6.45) is 15.9. The number of aliphatic hydroxyl groups is 1. The van der Waals surface area contributed by atoms with Gasteiger partial charge in [0.2, 0.25) is 0 Å². The lowest BCUT2D eigenvalue weighted by molar-refractivity contribution is 0.0996. The highest BCUT2D eigenvalue weighted by Gasteiger charge is 2.44. The molecular weight excluding hydrogens is 316 g/mol. The van der Waals surface area contributed by atoms with Crippen LogP contribution in [-0.4, -0.2) is 11.7 Å². The van der Waals surface area contributed by atoms with Crippen LogP contribution in [0.25, 0.3) is 0 Å². The molecule has 0 aromatic heterocycles. The van der Waals surface area contributed by atoms with Crippen LogP contribution in [0.3, 0.4) is 0 Å². The highest BCUT2D eigenvalue weighted by atomic mass is 16.3. The van der Waals surface area contributed by atoms with E-state index in [1.54, 1.807) is 5.57 Å². The van der Waals surface area contributed by atoms with Gasteiger partial charge in [-0.3, -0.25) is 0 Å². The number of hydrogen-bond acceptors (Lipinski definition) is 1. The van der Waals surface area contributed by atoms with Crippen molar-refractivity contribution in [2.24, 2.45) is 29.6 Å². The lowest BCUT2D eigenvalue weighted by Gasteiger charge is -2.46. The normalized spacial score (nSPS) is 33.8. The molecule has 2 fully saturated rings. The zero-order valence-electron chi connectivity index (χ0n) is 17.0. The first-order chi connectivity index (χ1) is 12.5. The molecule has 2 bridgehead atoms. The Morgan fingerprint density at radius 2 is 1.96 bits per heavy atom. The molecule has 26 heavy (non-hydrogen) atoms. The van der Waals surface area contributed by atoms with E-state index in [4.69, 9.17) is 0 Å². The van der Waals surface area contributed by atoms with E-state index in [2.05, 4.69) is 32.2 Å². The molecular formula is C25H38O. The van der Waals surface area contributed by atoms with Crippen molar-refractivity contribution in [3.8, 4) is 0 Å². The third-order valence-electron chi connectivity index (χ3n) is 7.52. The van der Waals surface area contributed by atoms with Crippen LogP contribution in [0.4, 0.5) is 0 Å². The fraction of sp³-hybridized carbons (Fsp3) is 0.680. The maximum absolute atomic E-state index is 9.22. The first-order valence-electron chi connectivity index (χ1n) is 10.8. The number of fused-ring (bicyclic) bond motifs is 4. The van der Waals surface area contributed by atoms with E-state index in [0.29, 0.717) is 11.8 Å². The van der Waals surface area contributed by atoms with Gasteiger partial charge in [-0.25, -0.2) is 0 Å². The third kappa shape index (κ3) is 4.25. The minimum atomic E-state index is 0.194. The van der Waals surface area contributed by atoms with Gasteiger partial charge in [0.05, 0.1) is 6.61 Å². The van der Waals surface area contributed by atoms with Crippen molar-refractivity contribution < 1.29 is 5.11 Å². The van der Waals surface area contributed by atoms with Gasteiger partial charge in [0.15, 0.2) is 0 Å². The van der Waals surface area contributed by atoms with Gasteiger partial charge in [-0.1, -0.05) is 54.5 Å². The summed E-state index contributed by atoms with van der Waals surface area (Å²) >= 11 is 0. The Balaban J connectivity index is 1.80. The Morgan fingerprint density at radius 3 is 2.73 bits per heavy atom. The highest BCUT2D eigenvalue weighted by molar-refractivity contribution is 5.23. The molecule has 0 spiro atoms. The van der Waals surface area contributed by atoms with Crippen molar-refractivity contribution in [2.75, 3.05) is 6.61 Å². The van der Waals surface area contributed by atoms with Gasteiger partial charge in [0.25, 0.3) is 0 Å². The van der Waals surface area contributed by atoms with E-state index in [1.807, 2.05) is 6.92 Å². The average Bonchev–Trinajstić information content (AvgIpc) is 2.93. The van der Waals surface area contributed by atoms with Crippen LogP contribution in [0, 0.1) is 29.6 Å². The van der Waals surface area contributed by atoms with Crippen molar-refractivity contribution in [2.45, 2.75) is 71.6 Å². The van der Waals surface area contributed by atoms with Crippen LogP contribution >= 0.6 is 0 Å². The molecule has 0 aromatic carbocycles. The predicted octanol–water partition coefficient (Wildman–Crippen LogP) is 6.62. The lowest BCUT2D eigenvalue weighted by atomic mass is 9.59. The smallest absolute Gasteiger partial charge is 0.0639 e. The molecule has 0 amide bonds. The Bertz CT molecular complexity index is 593. The molecule has 0 unspecified atom stereocenters. The maximum atomic E-state index is 9.22. The van der Waals surface area contributed by atoms with Crippen molar-refractivity contribution >= 4 is 0 Å². The lowest BCUT2D eigenvalue weighted by Crippen LogP contribution is -2.38. The number of allylic oxidation sites excluding steroid dienone is 5. The van der Waals surface area contributed by atoms with Crippen LogP contribution in [0.15, 0.2) is 47.6 Å². The van der Waals surface area contributed by atoms with Gasteiger partial charge in [-0.15, -0.1) is 0 Å². The summed E-state index contributed by atoms with van der Waals surface area (Å²) in [5.74, 6) is 3.67. The number of hydrogen-bond donors (Lipinski definition) is 1. The molecule has 0 radical (unpaired) electrons. The summed E-state index contributed by atoms with van der Waals surface area (Å²) in [6, 6.07) is 0. The second-order valence-corrected chi connectivity index (χ2v) is 9.22. The quantitative estimate of drug-likeness (QED) is 0.550. The van der Waals surface area contributed by atoms with Crippen LogP contribution in [0.2, 0.25) is 0 Å². The first-order valence-corrected chi connectivity index (χ1v) is 10.8. The van der Waals surface area contributed by atoms with Gasteiger partial charge in [0.1, 0.15) is 0 Å². The molecule has 1 heteroatoms. The van der Waals surface area contributed by atoms with E-state index in [9.17, 15) is 5.11 Å². The second kappa shape index (κ2) is 8.74. The van der Waals surface area contributed by atoms with E-state index < -0.39 is 0 Å². The molecule has 144 valence electrons. The predicted molar refractivity (Wildman–Crippen MR) is 112 cm³/mol. The molecule has 3 aliphatic rings. The van der Waals surface area contributed by atoms with Gasteiger partial charge in [0, 0.05) is 0 Å². The Morgan fingerprint density at radius 1 is 1.19 bits per heavy atom. The summed E-state index contributed by atoms with van der Waals surface area (Å²) in [7, 11) is 0. The maximum Gasteiger partial charge on any atom is 0.0639 e. The fourth-order valence-electron chi connectivity index (χ4n) is 5.92. The molecule has 0 aliphatic heterocycles. The van der Waals surface area contributed by atoms with Gasteiger partial charge >= 0.3 is 0 Å². The van der Waals surface area contributed by atoms with Gasteiger partial charge in [-0.2, -0.15) is 0 Å².